The van der Waals surface area contributed by atoms with Gasteiger partial charge in [0.25, 0.3) is 10.0 Å². The van der Waals surface area contributed by atoms with Crippen LogP contribution >= 0.6 is 0 Å². The van der Waals surface area contributed by atoms with E-state index in [-0.39, 0.29) is 23.4 Å². The van der Waals surface area contributed by atoms with E-state index in [9.17, 15) is 22.4 Å². The summed E-state index contributed by atoms with van der Waals surface area (Å²) in [5.74, 6) is -1.59. The van der Waals surface area contributed by atoms with E-state index in [2.05, 4.69) is 5.32 Å². The molecule has 0 heterocycles. The van der Waals surface area contributed by atoms with Crippen LogP contribution < -0.4 is 9.62 Å². The summed E-state index contributed by atoms with van der Waals surface area (Å²) in [6.45, 7) is 4.88. The molecule has 1 N–H and O–H groups in total. The maximum atomic E-state index is 14.9. The quantitative estimate of drug-likeness (QED) is 0.235. The summed E-state index contributed by atoms with van der Waals surface area (Å²) in [5, 5.41) is 2.80. The van der Waals surface area contributed by atoms with Gasteiger partial charge in [-0.3, -0.25) is 13.9 Å². The third kappa shape index (κ3) is 7.67. The van der Waals surface area contributed by atoms with Crippen molar-refractivity contribution in [2.45, 2.75) is 44.7 Å². The Kier molecular flexibility index (Phi) is 10.3. The summed E-state index contributed by atoms with van der Waals surface area (Å²) in [7, 11) is -4.21. The van der Waals surface area contributed by atoms with E-state index in [1.54, 1.807) is 62.4 Å². The number of sulfonamides is 1. The summed E-state index contributed by atoms with van der Waals surface area (Å²) < 4.78 is 44.2. The fourth-order valence-corrected chi connectivity index (χ4v) is 6.37. The van der Waals surface area contributed by atoms with Crippen LogP contribution in [0.15, 0.2) is 108 Å². The molecule has 43 heavy (non-hydrogen) atoms. The highest BCUT2D eigenvalue weighted by Crippen LogP contribution is 2.29. The molecule has 0 saturated carbocycles. The first-order valence-corrected chi connectivity index (χ1v) is 15.6. The topological polar surface area (TPSA) is 86.8 Å². The molecular weight excluding hydrogens is 565 g/mol. The number of carbonyl (C=O) groups is 2. The second kappa shape index (κ2) is 14.1. The first kappa shape index (κ1) is 31.4. The molecule has 0 radical (unpaired) electrons. The van der Waals surface area contributed by atoms with Crippen LogP contribution in [0.2, 0.25) is 0 Å². The van der Waals surface area contributed by atoms with Gasteiger partial charge in [0.15, 0.2) is 0 Å². The van der Waals surface area contributed by atoms with Crippen LogP contribution in [0.4, 0.5) is 10.1 Å². The third-order valence-corrected chi connectivity index (χ3v) is 8.94. The predicted molar refractivity (Wildman–Crippen MR) is 166 cm³/mol. The zero-order valence-electron chi connectivity index (χ0n) is 24.5. The van der Waals surface area contributed by atoms with Gasteiger partial charge in [0.2, 0.25) is 11.8 Å². The van der Waals surface area contributed by atoms with Crippen LogP contribution in [0.25, 0.3) is 0 Å². The number of aryl methyl sites for hydroxylation is 2. The monoisotopic (exact) mass is 601 g/mol. The standard InChI is InChI=1S/C34H36FN3O4S/c1-4-36-34(40)32(22-27-13-7-5-8-14-27)37(23-28-15-11-12-18-30(28)35)33(39)24-38(31-21-25(2)19-20-26(31)3)43(41,42)29-16-9-6-10-17-29/h5-21,32H,4,22-24H2,1-3H3,(H,36,40)/t32-/m0/s1. The highest BCUT2D eigenvalue weighted by Gasteiger charge is 2.35. The van der Waals surface area contributed by atoms with Gasteiger partial charge in [0.05, 0.1) is 10.6 Å². The molecule has 7 nitrogen and oxygen atoms in total. The maximum Gasteiger partial charge on any atom is 0.264 e. The van der Waals surface area contributed by atoms with Crippen LogP contribution in [0, 0.1) is 19.7 Å². The summed E-state index contributed by atoms with van der Waals surface area (Å²) >= 11 is 0. The van der Waals surface area contributed by atoms with Crippen molar-refractivity contribution in [1.82, 2.24) is 10.2 Å². The van der Waals surface area contributed by atoms with Gasteiger partial charge < -0.3 is 10.2 Å². The van der Waals surface area contributed by atoms with Crippen molar-refractivity contribution in [3.63, 3.8) is 0 Å². The van der Waals surface area contributed by atoms with Crippen molar-refractivity contribution in [2.24, 2.45) is 0 Å². The molecule has 0 fully saturated rings. The molecule has 4 aromatic rings. The number of hydrogen-bond acceptors (Lipinski definition) is 4. The number of halogens is 1. The number of nitrogens with one attached hydrogen (secondary N) is 1. The minimum atomic E-state index is -4.21. The SMILES string of the molecule is CCNC(=O)[C@H](Cc1ccccc1)N(Cc1ccccc1F)C(=O)CN(c1cc(C)ccc1C)S(=O)(=O)c1ccccc1. The highest BCUT2D eigenvalue weighted by molar-refractivity contribution is 7.92. The van der Waals surface area contributed by atoms with Crippen LogP contribution in [-0.2, 0) is 32.6 Å². The van der Waals surface area contributed by atoms with Crippen molar-refractivity contribution in [1.29, 1.82) is 0 Å². The highest BCUT2D eigenvalue weighted by atomic mass is 32.2. The minimum Gasteiger partial charge on any atom is -0.355 e. The first-order chi connectivity index (χ1) is 20.6. The molecule has 0 saturated heterocycles. The second-order valence-corrected chi connectivity index (χ2v) is 12.2. The van der Waals surface area contributed by atoms with Gasteiger partial charge in [-0.05, 0) is 61.7 Å². The Morgan fingerprint density at radius 2 is 1.49 bits per heavy atom. The lowest BCUT2D eigenvalue weighted by Crippen LogP contribution is -2.53. The number of carbonyl (C=O) groups excluding carboxylic acids is 2. The number of amides is 2. The average Bonchev–Trinajstić information content (AvgIpc) is 3.00. The predicted octanol–water partition coefficient (Wildman–Crippen LogP) is 5.41. The van der Waals surface area contributed by atoms with E-state index in [0.717, 1.165) is 15.4 Å². The number of benzene rings is 4. The van der Waals surface area contributed by atoms with Crippen LogP contribution in [0.1, 0.15) is 29.2 Å². The lowest BCUT2D eigenvalue weighted by molar-refractivity contribution is -0.140. The number of rotatable bonds is 12. The molecule has 0 aliphatic heterocycles. The summed E-state index contributed by atoms with van der Waals surface area (Å²) in [6, 6.07) is 27.5. The van der Waals surface area contributed by atoms with Gasteiger partial charge in [-0.25, -0.2) is 12.8 Å². The zero-order valence-corrected chi connectivity index (χ0v) is 25.4. The molecule has 9 heteroatoms. The Balaban J connectivity index is 1.83. The molecule has 0 aromatic heterocycles. The fraction of sp³-hybridized carbons (Fsp3) is 0.235. The van der Waals surface area contributed by atoms with Crippen molar-refractivity contribution in [2.75, 3.05) is 17.4 Å². The minimum absolute atomic E-state index is 0.0221. The number of anilines is 1. The van der Waals surface area contributed by atoms with Gasteiger partial charge in [-0.1, -0.05) is 78.9 Å². The van der Waals surface area contributed by atoms with Crippen LogP contribution in [0.3, 0.4) is 0 Å². The Hall–Kier alpha value is -4.50. The number of hydrogen-bond donors (Lipinski definition) is 1. The molecule has 4 rings (SSSR count). The lowest BCUT2D eigenvalue weighted by atomic mass is 10.0. The van der Waals surface area contributed by atoms with Gasteiger partial charge in [0, 0.05) is 25.1 Å². The molecule has 0 spiro atoms. The van der Waals surface area contributed by atoms with Crippen molar-refractivity contribution >= 4 is 27.5 Å². The maximum absolute atomic E-state index is 14.9. The molecule has 0 aliphatic rings. The summed E-state index contributed by atoms with van der Waals surface area (Å²) in [6.07, 6.45) is 0.155. The molecule has 0 unspecified atom stereocenters. The van der Waals surface area contributed by atoms with E-state index in [4.69, 9.17) is 0 Å². The Morgan fingerprint density at radius 1 is 0.860 bits per heavy atom. The third-order valence-electron chi connectivity index (χ3n) is 7.16. The first-order valence-electron chi connectivity index (χ1n) is 14.1. The molecule has 4 aromatic carbocycles. The van der Waals surface area contributed by atoms with Gasteiger partial charge >= 0.3 is 0 Å². The molecule has 2 amide bonds. The van der Waals surface area contributed by atoms with E-state index in [1.807, 2.05) is 43.3 Å². The zero-order chi connectivity index (χ0) is 31.0. The lowest BCUT2D eigenvalue weighted by Gasteiger charge is -2.34. The van der Waals surface area contributed by atoms with Crippen molar-refractivity contribution < 1.29 is 22.4 Å². The smallest absolute Gasteiger partial charge is 0.264 e. The number of likely N-dealkylation sites (N-methyl/N-ethyl adjacent to an activating group) is 1. The van der Waals surface area contributed by atoms with E-state index in [1.165, 1.54) is 23.1 Å². The van der Waals surface area contributed by atoms with Gasteiger partial charge in [0.1, 0.15) is 18.4 Å². The van der Waals surface area contributed by atoms with Gasteiger partial charge in [-0.15, -0.1) is 0 Å². The van der Waals surface area contributed by atoms with E-state index >= 15 is 0 Å². The molecule has 224 valence electrons. The Bertz CT molecular complexity index is 1660. The largest absolute Gasteiger partial charge is 0.355 e. The summed E-state index contributed by atoms with van der Waals surface area (Å²) in [4.78, 5) is 29.2. The average molecular weight is 602 g/mol. The van der Waals surface area contributed by atoms with Crippen molar-refractivity contribution in [3.8, 4) is 0 Å². The fourth-order valence-electron chi connectivity index (χ4n) is 4.88. The van der Waals surface area contributed by atoms with Gasteiger partial charge in [-0.2, -0.15) is 0 Å². The van der Waals surface area contributed by atoms with Crippen molar-refractivity contribution in [3.05, 3.63) is 131 Å². The second-order valence-electron chi connectivity index (χ2n) is 10.3. The number of nitrogens with zero attached hydrogens (tertiary/aromatic N) is 2. The van der Waals surface area contributed by atoms with E-state index in [0.29, 0.717) is 17.8 Å². The van der Waals surface area contributed by atoms with Crippen LogP contribution in [0.5, 0.6) is 0 Å². The van der Waals surface area contributed by atoms with Crippen LogP contribution in [-0.4, -0.2) is 44.3 Å². The Labute approximate surface area is 253 Å². The molecule has 1 atom stereocenters. The molecule has 0 aliphatic carbocycles. The molecular formula is C34H36FN3O4S. The Morgan fingerprint density at radius 3 is 2.14 bits per heavy atom. The van der Waals surface area contributed by atoms with E-state index < -0.39 is 40.2 Å². The molecule has 0 bridgehead atoms. The summed E-state index contributed by atoms with van der Waals surface area (Å²) in [5.41, 5.74) is 2.83. The normalized spacial score (nSPS) is 11.9.